The molecule has 1 aromatic carbocycles. The number of nitrogens with zero attached hydrogens (tertiary/aromatic N) is 1. The Labute approximate surface area is 112 Å². The van der Waals surface area contributed by atoms with E-state index in [2.05, 4.69) is 0 Å². The number of hydrogen-bond acceptors (Lipinski definition) is 3. The third-order valence-electron chi connectivity index (χ3n) is 2.54. The summed E-state index contributed by atoms with van der Waals surface area (Å²) in [7, 11) is 1.55. The van der Waals surface area contributed by atoms with Crippen LogP contribution < -0.4 is 4.74 Å². The van der Waals surface area contributed by atoms with Gasteiger partial charge >= 0.3 is 5.97 Å². The van der Waals surface area contributed by atoms with Crippen molar-refractivity contribution in [2.75, 3.05) is 20.2 Å². The molecular formula is C14H19NO4. The number of carbonyl (C=O) groups excluding carboxylic acids is 1. The molecule has 0 saturated carbocycles. The van der Waals surface area contributed by atoms with Gasteiger partial charge in [0.05, 0.1) is 7.11 Å². The van der Waals surface area contributed by atoms with E-state index in [1.54, 1.807) is 31.4 Å². The second-order valence-corrected chi connectivity index (χ2v) is 4.70. The second kappa shape index (κ2) is 6.78. The van der Waals surface area contributed by atoms with Crippen molar-refractivity contribution in [2.45, 2.75) is 13.8 Å². The van der Waals surface area contributed by atoms with Crippen molar-refractivity contribution in [3.05, 3.63) is 29.8 Å². The van der Waals surface area contributed by atoms with Crippen molar-refractivity contribution in [3.63, 3.8) is 0 Å². The number of carboxylic acids is 1. The van der Waals surface area contributed by atoms with Gasteiger partial charge in [-0.15, -0.1) is 0 Å². The van der Waals surface area contributed by atoms with E-state index in [9.17, 15) is 9.59 Å². The summed E-state index contributed by atoms with van der Waals surface area (Å²) in [5.41, 5.74) is 0.461. The molecule has 1 aromatic rings. The molecular weight excluding hydrogens is 246 g/mol. The van der Waals surface area contributed by atoms with Crippen LogP contribution in [0.1, 0.15) is 24.2 Å². The molecule has 0 aliphatic heterocycles. The first kappa shape index (κ1) is 15.0. The molecule has 0 atom stereocenters. The Kier molecular flexibility index (Phi) is 5.36. The SMILES string of the molecule is COc1ccc(C(=O)N(CC(=O)O)CC(C)C)cc1. The largest absolute Gasteiger partial charge is 0.497 e. The maximum Gasteiger partial charge on any atom is 0.323 e. The summed E-state index contributed by atoms with van der Waals surface area (Å²) >= 11 is 0. The molecule has 0 radical (unpaired) electrons. The van der Waals surface area contributed by atoms with Gasteiger partial charge in [-0.25, -0.2) is 0 Å². The van der Waals surface area contributed by atoms with Crippen LogP contribution in [0.2, 0.25) is 0 Å². The monoisotopic (exact) mass is 265 g/mol. The minimum absolute atomic E-state index is 0.210. The number of methoxy groups -OCH3 is 1. The molecule has 0 heterocycles. The Morgan fingerprint density at radius 3 is 2.26 bits per heavy atom. The van der Waals surface area contributed by atoms with E-state index in [1.807, 2.05) is 13.8 Å². The van der Waals surface area contributed by atoms with Gasteiger partial charge in [0.2, 0.25) is 0 Å². The minimum Gasteiger partial charge on any atom is -0.497 e. The van der Waals surface area contributed by atoms with Crippen LogP contribution in [0.15, 0.2) is 24.3 Å². The van der Waals surface area contributed by atoms with E-state index >= 15 is 0 Å². The fourth-order valence-corrected chi connectivity index (χ4v) is 1.74. The minimum atomic E-state index is -1.01. The highest BCUT2D eigenvalue weighted by molar-refractivity contribution is 5.95. The van der Waals surface area contributed by atoms with E-state index in [0.29, 0.717) is 17.9 Å². The zero-order valence-corrected chi connectivity index (χ0v) is 11.4. The van der Waals surface area contributed by atoms with Crippen LogP contribution in [0, 0.1) is 5.92 Å². The highest BCUT2D eigenvalue weighted by Crippen LogP contribution is 2.13. The molecule has 0 aromatic heterocycles. The highest BCUT2D eigenvalue weighted by Gasteiger charge is 2.19. The normalized spacial score (nSPS) is 10.3. The summed E-state index contributed by atoms with van der Waals surface area (Å²) in [6.07, 6.45) is 0. The van der Waals surface area contributed by atoms with Crippen LogP contribution in [-0.2, 0) is 4.79 Å². The molecule has 5 heteroatoms. The summed E-state index contributed by atoms with van der Waals surface area (Å²) in [5, 5.41) is 8.86. The summed E-state index contributed by atoms with van der Waals surface area (Å²) in [4.78, 5) is 24.4. The number of ether oxygens (including phenoxy) is 1. The Hall–Kier alpha value is -2.04. The molecule has 1 amide bonds. The van der Waals surface area contributed by atoms with Crippen LogP contribution in [-0.4, -0.2) is 42.1 Å². The van der Waals surface area contributed by atoms with E-state index < -0.39 is 5.97 Å². The molecule has 0 spiro atoms. The number of carboxylic acid groups (broad SMARTS) is 1. The standard InChI is InChI=1S/C14H19NO4/c1-10(2)8-15(9-13(16)17)14(18)11-4-6-12(19-3)7-5-11/h4-7,10H,8-9H2,1-3H3,(H,16,17). The van der Waals surface area contributed by atoms with Crippen molar-refractivity contribution >= 4 is 11.9 Å². The fraction of sp³-hybridized carbons (Fsp3) is 0.429. The molecule has 0 aliphatic rings. The third kappa shape index (κ3) is 4.62. The zero-order chi connectivity index (χ0) is 14.4. The van der Waals surface area contributed by atoms with E-state index in [4.69, 9.17) is 9.84 Å². The third-order valence-corrected chi connectivity index (χ3v) is 2.54. The van der Waals surface area contributed by atoms with Gasteiger partial charge in [0.1, 0.15) is 12.3 Å². The number of hydrogen-bond donors (Lipinski definition) is 1. The Balaban J connectivity index is 2.87. The molecule has 0 unspecified atom stereocenters. The predicted molar refractivity (Wildman–Crippen MR) is 71.4 cm³/mol. The first-order valence-electron chi connectivity index (χ1n) is 6.09. The lowest BCUT2D eigenvalue weighted by Gasteiger charge is -2.22. The quantitative estimate of drug-likeness (QED) is 0.852. The van der Waals surface area contributed by atoms with Crippen LogP contribution in [0.4, 0.5) is 0 Å². The lowest BCUT2D eigenvalue weighted by atomic mass is 10.1. The maximum atomic E-state index is 12.2. The molecule has 1 rings (SSSR count). The van der Waals surface area contributed by atoms with Crippen molar-refractivity contribution < 1.29 is 19.4 Å². The average molecular weight is 265 g/mol. The summed E-state index contributed by atoms with van der Waals surface area (Å²) in [5.74, 6) is -0.423. The number of benzene rings is 1. The first-order chi connectivity index (χ1) is 8.93. The van der Waals surface area contributed by atoms with Gasteiger partial charge in [-0.2, -0.15) is 0 Å². The maximum absolute atomic E-state index is 12.2. The second-order valence-electron chi connectivity index (χ2n) is 4.70. The van der Waals surface area contributed by atoms with Gasteiger partial charge in [-0.3, -0.25) is 9.59 Å². The summed E-state index contributed by atoms with van der Waals surface area (Å²) in [6, 6.07) is 6.63. The fourth-order valence-electron chi connectivity index (χ4n) is 1.74. The first-order valence-corrected chi connectivity index (χ1v) is 6.09. The number of rotatable bonds is 6. The van der Waals surface area contributed by atoms with Crippen molar-refractivity contribution in [1.29, 1.82) is 0 Å². The Morgan fingerprint density at radius 1 is 1.26 bits per heavy atom. The molecule has 0 fully saturated rings. The topological polar surface area (TPSA) is 66.8 Å². The van der Waals surface area contributed by atoms with Crippen LogP contribution >= 0.6 is 0 Å². The molecule has 0 aliphatic carbocycles. The molecule has 104 valence electrons. The lowest BCUT2D eigenvalue weighted by molar-refractivity contribution is -0.137. The average Bonchev–Trinajstić information content (AvgIpc) is 2.36. The number of amides is 1. The smallest absolute Gasteiger partial charge is 0.323 e. The predicted octanol–water partition coefficient (Wildman–Crippen LogP) is 1.88. The van der Waals surface area contributed by atoms with Crippen LogP contribution in [0.25, 0.3) is 0 Å². The molecule has 0 bridgehead atoms. The number of aliphatic carboxylic acids is 1. The zero-order valence-electron chi connectivity index (χ0n) is 11.4. The molecule has 0 saturated heterocycles. The van der Waals surface area contributed by atoms with E-state index in [0.717, 1.165) is 0 Å². The van der Waals surface area contributed by atoms with Crippen LogP contribution in [0.3, 0.4) is 0 Å². The molecule has 5 nitrogen and oxygen atoms in total. The lowest BCUT2D eigenvalue weighted by Crippen LogP contribution is -2.38. The van der Waals surface area contributed by atoms with Gasteiger partial charge in [0.15, 0.2) is 0 Å². The van der Waals surface area contributed by atoms with Gasteiger partial charge in [0.25, 0.3) is 5.91 Å². The highest BCUT2D eigenvalue weighted by atomic mass is 16.5. The molecule has 1 N–H and O–H groups in total. The Bertz CT molecular complexity index is 439. The van der Waals surface area contributed by atoms with Gasteiger partial charge < -0.3 is 14.7 Å². The van der Waals surface area contributed by atoms with Crippen molar-refractivity contribution in [1.82, 2.24) is 4.90 Å². The van der Waals surface area contributed by atoms with E-state index in [-0.39, 0.29) is 18.4 Å². The van der Waals surface area contributed by atoms with Gasteiger partial charge in [0, 0.05) is 12.1 Å². The van der Waals surface area contributed by atoms with Crippen molar-refractivity contribution in [2.24, 2.45) is 5.92 Å². The van der Waals surface area contributed by atoms with Gasteiger partial charge in [-0.1, -0.05) is 13.8 Å². The summed E-state index contributed by atoms with van der Waals surface area (Å²) < 4.78 is 5.02. The molecule has 19 heavy (non-hydrogen) atoms. The Morgan fingerprint density at radius 2 is 1.84 bits per heavy atom. The van der Waals surface area contributed by atoms with E-state index in [1.165, 1.54) is 4.90 Å². The van der Waals surface area contributed by atoms with Crippen LogP contribution in [0.5, 0.6) is 5.75 Å². The summed E-state index contributed by atoms with van der Waals surface area (Å²) in [6.45, 7) is 4.01. The van der Waals surface area contributed by atoms with Gasteiger partial charge in [-0.05, 0) is 30.2 Å². The van der Waals surface area contributed by atoms with Crippen molar-refractivity contribution in [3.8, 4) is 5.75 Å². The number of carbonyl (C=O) groups is 2.